The molecule has 1 saturated heterocycles. The van der Waals surface area contributed by atoms with Gasteiger partial charge in [-0.3, -0.25) is 4.79 Å². The molecule has 0 spiro atoms. The van der Waals surface area contributed by atoms with Crippen LogP contribution >= 0.6 is 11.6 Å². The van der Waals surface area contributed by atoms with E-state index in [1.807, 2.05) is 31.0 Å². The van der Waals surface area contributed by atoms with E-state index in [0.29, 0.717) is 18.1 Å². The third-order valence-corrected chi connectivity index (χ3v) is 6.08. The molecule has 2 rings (SSSR count). The first-order chi connectivity index (χ1) is 10.3. The summed E-state index contributed by atoms with van der Waals surface area (Å²) < 4.78 is 23.3. The Morgan fingerprint density at radius 3 is 2.86 bits per heavy atom. The van der Waals surface area contributed by atoms with Gasteiger partial charge in [0, 0.05) is 30.6 Å². The molecule has 0 saturated carbocycles. The first-order valence-corrected chi connectivity index (χ1v) is 9.39. The van der Waals surface area contributed by atoms with Gasteiger partial charge in [0.1, 0.15) is 0 Å². The molecule has 1 aromatic carbocycles. The van der Waals surface area contributed by atoms with Crippen LogP contribution in [0.15, 0.2) is 18.2 Å². The number of sulfone groups is 1. The Hall–Kier alpha value is -1.11. The monoisotopic (exact) mass is 344 g/mol. The quantitative estimate of drug-likeness (QED) is 0.896. The molecule has 1 aromatic rings. The van der Waals surface area contributed by atoms with Crippen molar-refractivity contribution in [2.45, 2.75) is 25.9 Å². The van der Waals surface area contributed by atoms with E-state index < -0.39 is 9.84 Å². The standard InChI is InChI=1S/C15H21ClN2O3S/c1-11-7-12(3-4-14(11)16)9-17-15(19)8-13-10-22(20,21)6-5-18(13)2/h3-4,7,13H,5-6,8-10H2,1-2H3,(H,17,19). The van der Waals surface area contributed by atoms with Crippen LogP contribution in [0, 0.1) is 6.92 Å². The highest BCUT2D eigenvalue weighted by Gasteiger charge is 2.30. The highest BCUT2D eigenvalue weighted by molar-refractivity contribution is 7.91. The zero-order valence-corrected chi connectivity index (χ0v) is 14.4. The van der Waals surface area contributed by atoms with Crippen LogP contribution in [0.5, 0.6) is 0 Å². The molecule has 122 valence electrons. The highest BCUT2D eigenvalue weighted by atomic mass is 35.5. The lowest BCUT2D eigenvalue weighted by Crippen LogP contribution is -2.48. The van der Waals surface area contributed by atoms with Gasteiger partial charge in [-0.2, -0.15) is 0 Å². The lowest BCUT2D eigenvalue weighted by molar-refractivity contribution is -0.122. The Labute approximate surface area is 136 Å². The second kappa shape index (κ2) is 6.98. The minimum Gasteiger partial charge on any atom is -0.352 e. The molecular formula is C15H21ClN2O3S. The second-order valence-electron chi connectivity index (χ2n) is 5.81. The van der Waals surface area contributed by atoms with Crippen molar-refractivity contribution in [1.29, 1.82) is 0 Å². The Morgan fingerprint density at radius 2 is 2.18 bits per heavy atom. The van der Waals surface area contributed by atoms with E-state index in [1.54, 1.807) is 6.07 Å². The van der Waals surface area contributed by atoms with Gasteiger partial charge in [-0.05, 0) is 31.2 Å². The summed E-state index contributed by atoms with van der Waals surface area (Å²) in [6.07, 6.45) is 0.197. The number of nitrogens with zero attached hydrogens (tertiary/aromatic N) is 1. The summed E-state index contributed by atoms with van der Waals surface area (Å²) in [7, 11) is -1.17. The number of carbonyl (C=O) groups is 1. The number of nitrogens with one attached hydrogen (secondary N) is 1. The van der Waals surface area contributed by atoms with Crippen molar-refractivity contribution in [2.24, 2.45) is 0 Å². The summed E-state index contributed by atoms with van der Waals surface area (Å²) >= 11 is 5.97. The van der Waals surface area contributed by atoms with Crippen molar-refractivity contribution in [1.82, 2.24) is 10.2 Å². The van der Waals surface area contributed by atoms with Gasteiger partial charge in [0.25, 0.3) is 0 Å². The topological polar surface area (TPSA) is 66.5 Å². The largest absolute Gasteiger partial charge is 0.352 e. The smallest absolute Gasteiger partial charge is 0.221 e. The average molecular weight is 345 g/mol. The van der Waals surface area contributed by atoms with Crippen molar-refractivity contribution in [3.63, 3.8) is 0 Å². The fourth-order valence-electron chi connectivity index (χ4n) is 2.49. The van der Waals surface area contributed by atoms with Crippen LogP contribution in [0.3, 0.4) is 0 Å². The summed E-state index contributed by atoms with van der Waals surface area (Å²) in [6.45, 7) is 2.81. The SMILES string of the molecule is Cc1cc(CNC(=O)CC2CS(=O)(=O)CCN2C)ccc1Cl. The van der Waals surface area contributed by atoms with Gasteiger partial charge in [-0.1, -0.05) is 23.7 Å². The van der Waals surface area contributed by atoms with Crippen LogP contribution in [0.25, 0.3) is 0 Å². The molecule has 1 N–H and O–H groups in total. The number of halogens is 1. The minimum atomic E-state index is -3.02. The predicted octanol–water partition coefficient (Wildman–Crippen LogP) is 1.38. The number of amides is 1. The predicted molar refractivity (Wildman–Crippen MR) is 87.7 cm³/mol. The van der Waals surface area contributed by atoms with Crippen molar-refractivity contribution in [3.05, 3.63) is 34.3 Å². The van der Waals surface area contributed by atoms with Crippen LogP contribution < -0.4 is 5.32 Å². The summed E-state index contributed by atoms with van der Waals surface area (Å²) in [5, 5.41) is 3.54. The maximum absolute atomic E-state index is 12.0. The van der Waals surface area contributed by atoms with Gasteiger partial charge in [0.2, 0.25) is 5.91 Å². The van der Waals surface area contributed by atoms with Gasteiger partial charge < -0.3 is 10.2 Å². The van der Waals surface area contributed by atoms with Crippen molar-refractivity contribution in [2.75, 3.05) is 25.1 Å². The van der Waals surface area contributed by atoms with Gasteiger partial charge >= 0.3 is 0 Å². The van der Waals surface area contributed by atoms with Crippen molar-refractivity contribution < 1.29 is 13.2 Å². The third kappa shape index (κ3) is 4.69. The molecule has 7 heteroatoms. The molecule has 1 fully saturated rings. The Bertz CT molecular complexity index is 661. The first-order valence-electron chi connectivity index (χ1n) is 7.19. The molecule has 5 nitrogen and oxygen atoms in total. The van der Waals surface area contributed by atoms with E-state index in [9.17, 15) is 13.2 Å². The summed E-state index contributed by atoms with van der Waals surface area (Å²) in [6, 6.07) is 5.36. The van der Waals surface area contributed by atoms with Crippen LogP contribution in [0.4, 0.5) is 0 Å². The summed E-state index contributed by atoms with van der Waals surface area (Å²) in [4.78, 5) is 14.0. The average Bonchev–Trinajstić information content (AvgIpc) is 2.44. The molecule has 0 aromatic heterocycles. The molecule has 0 aliphatic carbocycles. The minimum absolute atomic E-state index is 0.0526. The van der Waals surface area contributed by atoms with Crippen LogP contribution in [0.1, 0.15) is 17.5 Å². The third-order valence-electron chi connectivity index (χ3n) is 3.96. The lowest BCUT2D eigenvalue weighted by Gasteiger charge is -2.31. The molecule has 1 atom stereocenters. The Morgan fingerprint density at radius 1 is 1.45 bits per heavy atom. The maximum atomic E-state index is 12.0. The number of benzene rings is 1. The zero-order chi connectivity index (χ0) is 16.3. The molecule has 1 aliphatic heterocycles. The highest BCUT2D eigenvalue weighted by Crippen LogP contribution is 2.16. The number of aryl methyl sites for hydroxylation is 1. The maximum Gasteiger partial charge on any atom is 0.221 e. The Kier molecular flexibility index (Phi) is 5.47. The first kappa shape index (κ1) is 17.2. The number of carbonyl (C=O) groups excluding carboxylic acids is 1. The van der Waals surface area contributed by atoms with E-state index in [1.165, 1.54) is 0 Å². The van der Waals surface area contributed by atoms with E-state index >= 15 is 0 Å². The molecule has 1 unspecified atom stereocenters. The fourth-order valence-corrected chi connectivity index (χ4v) is 4.30. The molecule has 1 heterocycles. The van der Waals surface area contributed by atoms with Gasteiger partial charge in [-0.15, -0.1) is 0 Å². The van der Waals surface area contributed by atoms with E-state index in [-0.39, 0.29) is 29.9 Å². The van der Waals surface area contributed by atoms with E-state index in [4.69, 9.17) is 11.6 Å². The Balaban J connectivity index is 1.88. The van der Waals surface area contributed by atoms with Gasteiger partial charge in [0.15, 0.2) is 9.84 Å². The van der Waals surface area contributed by atoms with Crippen LogP contribution in [0.2, 0.25) is 5.02 Å². The number of hydrogen-bond donors (Lipinski definition) is 1. The van der Waals surface area contributed by atoms with Crippen molar-refractivity contribution >= 4 is 27.3 Å². The van der Waals surface area contributed by atoms with Crippen molar-refractivity contribution in [3.8, 4) is 0 Å². The number of hydrogen-bond acceptors (Lipinski definition) is 4. The summed E-state index contributed by atoms with van der Waals surface area (Å²) in [5.74, 6) is 0.0874. The molecule has 22 heavy (non-hydrogen) atoms. The van der Waals surface area contributed by atoms with Crippen LogP contribution in [-0.4, -0.2) is 50.4 Å². The van der Waals surface area contributed by atoms with Gasteiger partial charge in [-0.25, -0.2) is 8.42 Å². The molecular weight excluding hydrogens is 324 g/mol. The lowest BCUT2D eigenvalue weighted by atomic mass is 10.1. The van der Waals surface area contributed by atoms with E-state index in [0.717, 1.165) is 11.1 Å². The number of rotatable bonds is 4. The zero-order valence-electron chi connectivity index (χ0n) is 12.8. The van der Waals surface area contributed by atoms with Crippen LogP contribution in [-0.2, 0) is 21.2 Å². The fraction of sp³-hybridized carbons (Fsp3) is 0.533. The molecule has 0 bridgehead atoms. The van der Waals surface area contributed by atoms with Gasteiger partial charge in [0.05, 0.1) is 11.5 Å². The van der Waals surface area contributed by atoms with E-state index in [2.05, 4.69) is 5.32 Å². The summed E-state index contributed by atoms with van der Waals surface area (Å²) in [5.41, 5.74) is 1.94. The second-order valence-corrected chi connectivity index (χ2v) is 8.45. The molecule has 0 radical (unpaired) electrons. The molecule has 1 aliphatic rings. The molecule has 1 amide bonds. The normalized spacial score (nSPS) is 21.5.